The molecule has 9 nitrogen and oxygen atoms in total. The van der Waals surface area contributed by atoms with Crippen LogP contribution < -0.4 is 20.1 Å². The quantitative estimate of drug-likeness (QED) is 0.351. The lowest BCUT2D eigenvalue weighted by atomic mass is 9.88. The summed E-state index contributed by atoms with van der Waals surface area (Å²) in [6.07, 6.45) is 5.75. The van der Waals surface area contributed by atoms with Crippen molar-refractivity contribution in [3.05, 3.63) is 54.5 Å². The summed E-state index contributed by atoms with van der Waals surface area (Å²) in [5.41, 5.74) is 3.61. The van der Waals surface area contributed by atoms with Crippen molar-refractivity contribution >= 4 is 34.2 Å². The van der Waals surface area contributed by atoms with Crippen molar-refractivity contribution in [1.29, 1.82) is 0 Å². The second-order valence-electron chi connectivity index (χ2n) is 8.82. The zero-order valence-corrected chi connectivity index (χ0v) is 19.8. The van der Waals surface area contributed by atoms with Crippen molar-refractivity contribution in [2.24, 2.45) is 0 Å². The van der Waals surface area contributed by atoms with Crippen LogP contribution in [0.2, 0.25) is 0 Å². The number of ether oxygens (including phenoxy) is 2. The molecule has 176 valence electrons. The number of aryl methyl sites for hydroxylation is 1. The predicted molar refractivity (Wildman–Crippen MR) is 134 cm³/mol. The number of benzene rings is 1. The van der Waals surface area contributed by atoms with Gasteiger partial charge < -0.3 is 30.0 Å². The SMILES string of the molecule is COc1cc(Nc2nccc(Nc3cnc4[nH]c(C)cc4c3)n2)ccc1OC1CC(N(C)C)C1. The lowest BCUT2D eigenvalue weighted by molar-refractivity contribution is 0.0383. The Hall–Kier alpha value is -3.85. The zero-order chi connectivity index (χ0) is 23.7. The number of H-pyrrole nitrogens is 1. The first-order valence-electron chi connectivity index (χ1n) is 11.3. The highest BCUT2D eigenvalue weighted by atomic mass is 16.5. The molecular weight excluding hydrogens is 430 g/mol. The molecular formula is C25H29N7O2. The number of methoxy groups -OCH3 is 1. The van der Waals surface area contributed by atoms with E-state index in [0.717, 1.165) is 46.7 Å². The molecule has 9 heteroatoms. The number of rotatable bonds is 8. The third-order valence-corrected chi connectivity index (χ3v) is 6.05. The minimum Gasteiger partial charge on any atom is -0.493 e. The van der Waals surface area contributed by atoms with Crippen LogP contribution in [0, 0.1) is 6.92 Å². The number of aromatic amines is 1. The maximum Gasteiger partial charge on any atom is 0.229 e. The van der Waals surface area contributed by atoms with Gasteiger partial charge in [0.2, 0.25) is 5.95 Å². The summed E-state index contributed by atoms with van der Waals surface area (Å²) in [4.78, 5) is 18.8. The van der Waals surface area contributed by atoms with E-state index in [4.69, 9.17) is 9.47 Å². The fourth-order valence-electron chi connectivity index (χ4n) is 4.06. The number of hydrogen-bond acceptors (Lipinski definition) is 8. The first-order valence-corrected chi connectivity index (χ1v) is 11.3. The fraction of sp³-hybridized carbons (Fsp3) is 0.320. The van der Waals surface area contributed by atoms with Gasteiger partial charge in [-0.2, -0.15) is 4.98 Å². The number of nitrogens with zero attached hydrogens (tertiary/aromatic N) is 4. The summed E-state index contributed by atoms with van der Waals surface area (Å²) in [7, 11) is 5.85. The van der Waals surface area contributed by atoms with Crippen LogP contribution in [0.15, 0.2) is 48.8 Å². The largest absolute Gasteiger partial charge is 0.493 e. The van der Waals surface area contributed by atoms with Crippen LogP contribution in [-0.2, 0) is 0 Å². The topological polar surface area (TPSA) is 100 Å². The summed E-state index contributed by atoms with van der Waals surface area (Å²) < 4.78 is 11.7. The summed E-state index contributed by atoms with van der Waals surface area (Å²) in [6, 6.07) is 12.3. The highest BCUT2D eigenvalue weighted by Gasteiger charge is 2.32. The Bertz CT molecular complexity index is 1300. The summed E-state index contributed by atoms with van der Waals surface area (Å²) in [6.45, 7) is 2.01. The third kappa shape index (κ3) is 4.74. The van der Waals surface area contributed by atoms with E-state index in [2.05, 4.69) is 55.6 Å². The van der Waals surface area contributed by atoms with Crippen molar-refractivity contribution in [2.75, 3.05) is 31.8 Å². The van der Waals surface area contributed by atoms with Gasteiger partial charge in [-0.3, -0.25) is 0 Å². The van der Waals surface area contributed by atoms with Gasteiger partial charge in [-0.15, -0.1) is 0 Å². The number of pyridine rings is 1. The standard InChI is InChI=1S/C25H29N7O2/c1-15-9-16-10-18(14-27-24(16)28-15)29-23-7-8-26-25(31-23)30-17-5-6-21(22(11-17)33-4)34-20-12-19(13-20)32(2)3/h5-11,14,19-20H,12-13H2,1-4H3,(H,27,28)(H2,26,29,30,31). The maximum absolute atomic E-state index is 6.15. The van der Waals surface area contributed by atoms with Gasteiger partial charge in [0, 0.05) is 35.1 Å². The molecule has 34 heavy (non-hydrogen) atoms. The highest BCUT2D eigenvalue weighted by molar-refractivity contribution is 5.80. The molecule has 1 saturated carbocycles. The van der Waals surface area contributed by atoms with E-state index in [1.54, 1.807) is 19.5 Å². The average molecular weight is 460 g/mol. The average Bonchev–Trinajstić information content (AvgIpc) is 3.16. The van der Waals surface area contributed by atoms with Gasteiger partial charge in [-0.1, -0.05) is 0 Å². The van der Waals surface area contributed by atoms with E-state index in [0.29, 0.717) is 23.6 Å². The Labute approximate surface area is 198 Å². The molecule has 1 aromatic carbocycles. The van der Waals surface area contributed by atoms with E-state index >= 15 is 0 Å². The highest BCUT2D eigenvalue weighted by Crippen LogP contribution is 2.36. The van der Waals surface area contributed by atoms with Gasteiger partial charge >= 0.3 is 0 Å². The Morgan fingerprint density at radius 1 is 1.00 bits per heavy atom. The molecule has 1 fully saturated rings. The van der Waals surface area contributed by atoms with Gasteiger partial charge in [0.1, 0.15) is 17.6 Å². The van der Waals surface area contributed by atoms with Crippen LogP contribution in [0.3, 0.4) is 0 Å². The second-order valence-corrected chi connectivity index (χ2v) is 8.82. The minimum absolute atomic E-state index is 0.218. The molecule has 0 radical (unpaired) electrons. The monoisotopic (exact) mass is 459 g/mol. The molecule has 0 bridgehead atoms. The van der Waals surface area contributed by atoms with Crippen molar-refractivity contribution in [1.82, 2.24) is 24.8 Å². The van der Waals surface area contributed by atoms with Gasteiger partial charge in [-0.25, -0.2) is 9.97 Å². The van der Waals surface area contributed by atoms with Crippen LogP contribution in [0.4, 0.5) is 23.1 Å². The minimum atomic E-state index is 0.218. The zero-order valence-electron chi connectivity index (χ0n) is 19.8. The van der Waals surface area contributed by atoms with Crippen LogP contribution in [0.5, 0.6) is 11.5 Å². The number of nitrogens with one attached hydrogen (secondary N) is 3. The van der Waals surface area contributed by atoms with Gasteiger partial charge in [0.15, 0.2) is 11.5 Å². The van der Waals surface area contributed by atoms with Gasteiger partial charge in [0.25, 0.3) is 0 Å². The van der Waals surface area contributed by atoms with Crippen LogP contribution >= 0.6 is 0 Å². The maximum atomic E-state index is 6.15. The third-order valence-electron chi connectivity index (χ3n) is 6.05. The molecule has 5 rings (SSSR count). The van der Waals surface area contributed by atoms with E-state index in [1.807, 2.05) is 37.3 Å². The number of aromatic nitrogens is 4. The number of hydrogen-bond donors (Lipinski definition) is 3. The fourth-order valence-corrected chi connectivity index (χ4v) is 4.06. The molecule has 3 N–H and O–H groups in total. The number of anilines is 4. The van der Waals surface area contributed by atoms with E-state index in [9.17, 15) is 0 Å². The van der Waals surface area contributed by atoms with E-state index in [1.165, 1.54) is 0 Å². The molecule has 3 heterocycles. The summed E-state index contributed by atoms with van der Waals surface area (Å²) in [5.74, 6) is 2.56. The van der Waals surface area contributed by atoms with Crippen molar-refractivity contribution < 1.29 is 9.47 Å². The summed E-state index contributed by atoms with van der Waals surface area (Å²) in [5, 5.41) is 7.58. The Morgan fingerprint density at radius 2 is 1.85 bits per heavy atom. The van der Waals surface area contributed by atoms with E-state index in [-0.39, 0.29) is 6.10 Å². The van der Waals surface area contributed by atoms with Gasteiger partial charge in [0.05, 0.1) is 19.0 Å². The first kappa shape index (κ1) is 22.0. The van der Waals surface area contributed by atoms with Crippen molar-refractivity contribution in [3.63, 3.8) is 0 Å². The number of fused-ring (bicyclic) bond motifs is 1. The van der Waals surface area contributed by atoms with Crippen LogP contribution in [0.25, 0.3) is 11.0 Å². The molecule has 0 saturated heterocycles. The lowest BCUT2D eigenvalue weighted by Crippen LogP contribution is -2.46. The van der Waals surface area contributed by atoms with Crippen LogP contribution in [-0.4, -0.2) is 58.2 Å². The summed E-state index contributed by atoms with van der Waals surface area (Å²) >= 11 is 0. The Kier molecular flexibility index (Phi) is 5.93. The molecule has 0 unspecified atom stereocenters. The molecule has 3 aromatic heterocycles. The Balaban J connectivity index is 1.26. The van der Waals surface area contributed by atoms with E-state index < -0.39 is 0 Å². The molecule has 0 amide bonds. The molecule has 0 atom stereocenters. The predicted octanol–water partition coefficient (Wildman–Crippen LogP) is 4.63. The lowest BCUT2D eigenvalue weighted by Gasteiger charge is -2.39. The molecule has 0 spiro atoms. The normalized spacial score (nSPS) is 17.4. The molecule has 1 aliphatic rings. The van der Waals surface area contributed by atoms with Crippen molar-refractivity contribution in [2.45, 2.75) is 31.9 Å². The molecule has 0 aliphatic heterocycles. The second kappa shape index (κ2) is 9.18. The smallest absolute Gasteiger partial charge is 0.229 e. The Morgan fingerprint density at radius 3 is 2.65 bits per heavy atom. The van der Waals surface area contributed by atoms with Gasteiger partial charge in [-0.05, 0) is 64.2 Å². The molecule has 4 aromatic rings. The van der Waals surface area contributed by atoms with Crippen molar-refractivity contribution in [3.8, 4) is 11.5 Å². The molecule has 1 aliphatic carbocycles. The first-order chi connectivity index (χ1) is 16.5. The van der Waals surface area contributed by atoms with Crippen LogP contribution in [0.1, 0.15) is 18.5 Å².